The fraction of sp³-hybridized carbons (Fsp3) is 0.0270. The van der Waals surface area contributed by atoms with E-state index in [1.807, 2.05) is 6.08 Å². The van der Waals surface area contributed by atoms with E-state index < -0.39 is 34.9 Å². The highest BCUT2D eigenvalue weighted by Gasteiger charge is 2.23. The molecule has 0 aliphatic carbocycles. The summed E-state index contributed by atoms with van der Waals surface area (Å²) in [4.78, 5) is 9.74. The maximum Gasteiger partial charge on any atom is 0.131 e. The molecule has 0 saturated heterocycles. The minimum Gasteiger partial charge on any atom is -0.357 e. The smallest absolute Gasteiger partial charge is 0.131 e. The summed E-state index contributed by atoms with van der Waals surface area (Å²) in [7, 11) is 0. The Kier molecular flexibility index (Phi) is 6.61. The lowest BCUT2D eigenvalue weighted by atomic mass is 10.0. The highest BCUT2D eigenvalue weighted by Crippen LogP contribution is 2.30. The molecule has 232 valence electrons. The number of H-pyrrole nitrogens is 3. The van der Waals surface area contributed by atoms with E-state index in [0.29, 0.717) is 61.7 Å². The van der Waals surface area contributed by atoms with Gasteiger partial charge in [-0.25, -0.2) is 26.3 Å². The van der Waals surface area contributed by atoms with Crippen molar-refractivity contribution in [3.63, 3.8) is 0 Å². The summed E-state index contributed by atoms with van der Waals surface area (Å²) in [5.41, 5.74) is 2.53. The number of aromatic amines is 3. The number of aromatic nitrogens is 3. The van der Waals surface area contributed by atoms with Crippen molar-refractivity contribution < 1.29 is 26.3 Å². The minimum atomic E-state index is -0.721. The summed E-state index contributed by atoms with van der Waals surface area (Å²) in [6.07, 6.45) is 2.21. The maximum absolute atomic E-state index is 15.5. The molecule has 3 aromatic carbocycles. The van der Waals surface area contributed by atoms with Gasteiger partial charge in [-0.1, -0.05) is 6.08 Å². The minimum absolute atomic E-state index is 0.0206. The zero-order valence-corrected chi connectivity index (χ0v) is 24.2. The largest absolute Gasteiger partial charge is 0.357 e. The van der Waals surface area contributed by atoms with E-state index in [0.717, 1.165) is 54.6 Å². The fourth-order valence-corrected chi connectivity index (χ4v) is 6.27. The number of halogens is 6. The van der Waals surface area contributed by atoms with Crippen LogP contribution < -0.4 is 26.7 Å². The summed E-state index contributed by atoms with van der Waals surface area (Å²) >= 11 is 0. The molecule has 4 N–H and O–H groups in total. The monoisotopic (exact) mass is 636 g/mol. The summed E-state index contributed by atoms with van der Waals surface area (Å²) in [5.74, 6) is -4.04. The van der Waals surface area contributed by atoms with Crippen LogP contribution in [0.4, 0.5) is 26.3 Å². The highest BCUT2D eigenvalue weighted by atomic mass is 19.1. The Balaban J connectivity index is 1.52. The number of benzene rings is 3. The van der Waals surface area contributed by atoms with Gasteiger partial charge < -0.3 is 20.3 Å². The normalized spacial score (nSPS) is 14.2. The van der Waals surface area contributed by atoms with Gasteiger partial charge in [0.15, 0.2) is 0 Å². The third kappa shape index (κ3) is 4.89. The molecule has 0 saturated carbocycles. The molecule has 0 amide bonds. The zero-order chi connectivity index (χ0) is 32.4. The van der Waals surface area contributed by atoms with Gasteiger partial charge in [0.25, 0.3) is 0 Å². The number of hydrogen-bond donors (Lipinski definition) is 4. The molecule has 47 heavy (non-hydrogen) atoms. The quantitative estimate of drug-likeness (QED) is 0.199. The molecular formula is C37H22F6N4. The molecule has 4 nitrogen and oxygen atoms in total. The van der Waals surface area contributed by atoms with Crippen LogP contribution in [0, 0.1) is 34.9 Å². The van der Waals surface area contributed by atoms with Crippen LogP contribution in [0.1, 0.15) is 34.5 Å². The van der Waals surface area contributed by atoms with Gasteiger partial charge in [-0.3, -0.25) is 0 Å². The summed E-state index contributed by atoms with van der Waals surface area (Å²) in [6.45, 7) is 0. The molecule has 0 radical (unpaired) electrons. The zero-order valence-electron chi connectivity index (χ0n) is 24.2. The average Bonchev–Trinajstić information content (AvgIpc) is 3.87. The predicted molar refractivity (Wildman–Crippen MR) is 165 cm³/mol. The van der Waals surface area contributed by atoms with Crippen LogP contribution in [0.5, 0.6) is 0 Å². The predicted octanol–water partition coefficient (Wildman–Crippen LogP) is 5.20. The Bertz CT molecular complexity index is 2550. The van der Waals surface area contributed by atoms with Crippen molar-refractivity contribution in [2.75, 3.05) is 0 Å². The van der Waals surface area contributed by atoms with Gasteiger partial charge in [0.1, 0.15) is 34.9 Å². The third-order valence-corrected chi connectivity index (χ3v) is 8.39. The Morgan fingerprint density at radius 1 is 0.426 bits per heavy atom. The molecule has 5 heterocycles. The Morgan fingerprint density at radius 2 is 0.851 bits per heavy atom. The summed E-state index contributed by atoms with van der Waals surface area (Å²) < 4.78 is 89.9. The first-order chi connectivity index (χ1) is 22.7. The van der Waals surface area contributed by atoms with Crippen LogP contribution >= 0.6 is 0 Å². The van der Waals surface area contributed by atoms with Crippen molar-refractivity contribution in [1.29, 1.82) is 0 Å². The molecule has 6 aromatic rings. The van der Waals surface area contributed by atoms with E-state index in [9.17, 15) is 13.2 Å². The van der Waals surface area contributed by atoms with Gasteiger partial charge in [-0.2, -0.15) is 0 Å². The number of rotatable bonds is 3. The average molecular weight is 637 g/mol. The lowest BCUT2D eigenvalue weighted by Gasteiger charge is -2.12. The van der Waals surface area contributed by atoms with Gasteiger partial charge in [0.2, 0.25) is 0 Å². The third-order valence-electron chi connectivity index (χ3n) is 8.39. The van der Waals surface area contributed by atoms with Gasteiger partial charge in [0, 0.05) is 78.7 Å². The van der Waals surface area contributed by atoms with Gasteiger partial charge in [0.05, 0.1) is 5.35 Å². The first-order valence-electron chi connectivity index (χ1n) is 14.6. The van der Waals surface area contributed by atoms with Crippen molar-refractivity contribution in [3.05, 3.63) is 187 Å². The Labute approximate surface area is 262 Å². The molecule has 0 atom stereocenters. The van der Waals surface area contributed by atoms with Crippen molar-refractivity contribution in [2.45, 2.75) is 6.42 Å². The lowest BCUT2D eigenvalue weighted by molar-refractivity contribution is 0.596. The van der Waals surface area contributed by atoms with Gasteiger partial charge in [-0.15, -0.1) is 0 Å². The molecule has 10 heteroatoms. The first-order valence-corrected chi connectivity index (χ1v) is 14.6. The second kappa shape index (κ2) is 10.9. The molecule has 2 aliphatic rings. The Morgan fingerprint density at radius 3 is 1.36 bits per heavy atom. The van der Waals surface area contributed by atoms with Crippen LogP contribution in [0.3, 0.4) is 0 Å². The molecule has 0 fully saturated rings. The maximum atomic E-state index is 15.5. The molecule has 0 spiro atoms. The topological polar surface area (TPSA) is 59.4 Å². The second-order valence-corrected chi connectivity index (χ2v) is 11.3. The van der Waals surface area contributed by atoms with Gasteiger partial charge in [-0.05, 0) is 91.0 Å². The van der Waals surface area contributed by atoms with Crippen LogP contribution in [0.15, 0.2) is 103 Å². The van der Waals surface area contributed by atoms with Crippen molar-refractivity contribution in [1.82, 2.24) is 20.3 Å². The molecule has 8 bridgehead atoms. The standard InChI is InChI=1S/C37H22F6N4/c38-18-1-4-24(41)21(15-18)35-29-9-7-27(44-29)28-8-10-30(45-28)36(22-16-19(39)2-5-25(22)42)32-12-14-34(47-32)37(33-13-11-31(35)46-33)23-17-20(40)3-6-26(23)43/h1-7,9-17,44-47H,8H2. The first kappa shape index (κ1) is 28.6. The summed E-state index contributed by atoms with van der Waals surface area (Å²) in [6, 6.07) is 19.4. The molecule has 0 unspecified atom stereocenters. The van der Waals surface area contributed by atoms with E-state index in [4.69, 9.17) is 0 Å². The van der Waals surface area contributed by atoms with Crippen LogP contribution in [0.2, 0.25) is 0 Å². The molecule has 3 aromatic heterocycles. The highest BCUT2D eigenvalue weighted by molar-refractivity contribution is 5.84. The Hall–Kier alpha value is -5.90. The number of fused-ring (bicyclic) bond motifs is 8. The van der Waals surface area contributed by atoms with Crippen LogP contribution in [-0.4, -0.2) is 15.0 Å². The summed E-state index contributed by atoms with van der Waals surface area (Å²) in [5, 5.41) is 5.09. The number of hydrogen-bond acceptors (Lipinski definition) is 1. The van der Waals surface area contributed by atoms with E-state index >= 15 is 13.2 Å². The van der Waals surface area contributed by atoms with Crippen LogP contribution in [0.25, 0.3) is 22.4 Å². The van der Waals surface area contributed by atoms with Crippen molar-refractivity contribution in [2.24, 2.45) is 0 Å². The van der Waals surface area contributed by atoms with E-state index in [1.54, 1.807) is 36.4 Å². The van der Waals surface area contributed by atoms with Crippen molar-refractivity contribution in [3.8, 4) is 0 Å². The van der Waals surface area contributed by atoms with Gasteiger partial charge >= 0.3 is 0 Å². The van der Waals surface area contributed by atoms with Crippen LogP contribution in [-0.2, 0) is 0 Å². The number of allylic oxidation sites excluding steroid dienone is 1. The van der Waals surface area contributed by atoms with E-state index in [-0.39, 0.29) is 22.3 Å². The molecular weight excluding hydrogens is 614 g/mol. The molecule has 8 rings (SSSR count). The SMILES string of the molecule is Fc1ccc(F)c(C2=c3ccc([nH]3)=C(c3cc(F)ccc3F)c3ccc([nH]3)C(c3cc(F)ccc3F)=c3ccc([nH]3)=C3CC=C2N3)c1. The van der Waals surface area contributed by atoms with E-state index in [2.05, 4.69) is 20.3 Å². The second-order valence-electron chi connectivity index (χ2n) is 11.3. The number of nitrogens with one attached hydrogen (secondary N) is 4. The lowest BCUT2D eigenvalue weighted by Crippen LogP contribution is -2.23. The van der Waals surface area contributed by atoms with E-state index in [1.165, 1.54) is 0 Å². The fourth-order valence-electron chi connectivity index (χ4n) is 6.27. The van der Waals surface area contributed by atoms with Crippen molar-refractivity contribution >= 4 is 22.4 Å². The molecule has 2 aliphatic heterocycles.